The van der Waals surface area contributed by atoms with Crippen molar-refractivity contribution in [2.45, 2.75) is 76.5 Å². The third-order valence-electron chi connectivity index (χ3n) is 5.64. The number of hydrogen-bond acceptors (Lipinski definition) is 8. The number of guanidine groups is 1. The van der Waals surface area contributed by atoms with Crippen LogP contribution in [-0.2, 0) is 24.0 Å². The molecular formula is C22H42N8O6S. The Balaban J connectivity index is 5.56. The third kappa shape index (κ3) is 14.3. The van der Waals surface area contributed by atoms with Gasteiger partial charge in [0.1, 0.15) is 18.1 Å². The highest BCUT2D eigenvalue weighted by molar-refractivity contribution is 7.98. The monoisotopic (exact) mass is 546 g/mol. The van der Waals surface area contributed by atoms with Crippen LogP contribution >= 0.6 is 11.8 Å². The Morgan fingerprint density at radius 3 is 2.05 bits per heavy atom. The van der Waals surface area contributed by atoms with Gasteiger partial charge in [-0.1, -0.05) is 20.3 Å². The number of carbonyl (C=O) groups is 5. The minimum atomic E-state index is -1.29. The maximum absolute atomic E-state index is 13.1. The molecule has 0 saturated carbocycles. The highest BCUT2D eigenvalue weighted by Crippen LogP contribution is 2.11. The molecule has 0 bridgehead atoms. The second-order valence-electron chi connectivity index (χ2n) is 8.67. The molecular weight excluding hydrogens is 504 g/mol. The van der Waals surface area contributed by atoms with E-state index in [-0.39, 0.29) is 44.1 Å². The van der Waals surface area contributed by atoms with Crippen molar-refractivity contribution in [3.63, 3.8) is 0 Å². The number of nitrogens with zero attached hydrogens (tertiary/aromatic N) is 1. The summed E-state index contributed by atoms with van der Waals surface area (Å²) in [6.45, 7) is 3.76. The molecule has 0 aliphatic heterocycles. The number of aliphatic carboxylic acids is 1. The van der Waals surface area contributed by atoms with E-state index in [4.69, 9.17) is 22.9 Å². The van der Waals surface area contributed by atoms with Crippen molar-refractivity contribution in [2.24, 2.45) is 33.8 Å². The van der Waals surface area contributed by atoms with Crippen molar-refractivity contribution < 1.29 is 29.1 Å². The van der Waals surface area contributed by atoms with Crippen LogP contribution in [0.4, 0.5) is 0 Å². The van der Waals surface area contributed by atoms with Gasteiger partial charge < -0.3 is 44.0 Å². The van der Waals surface area contributed by atoms with E-state index in [1.165, 1.54) is 11.8 Å². The molecule has 4 amide bonds. The van der Waals surface area contributed by atoms with E-state index in [1.54, 1.807) is 6.92 Å². The molecule has 0 aliphatic rings. The Labute approximate surface area is 221 Å². The zero-order valence-electron chi connectivity index (χ0n) is 21.7. The molecule has 0 saturated heterocycles. The molecule has 212 valence electrons. The van der Waals surface area contributed by atoms with E-state index in [9.17, 15) is 29.1 Å². The summed E-state index contributed by atoms with van der Waals surface area (Å²) in [5, 5.41) is 17.1. The summed E-state index contributed by atoms with van der Waals surface area (Å²) in [5.74, 6) is -3.75. The predicted molar refractivity (Wildman–Crippen MR) is 142 cm³/mol. The van der Waals surface area contributed by atoms with Crippen molar-refractivity contribution in [3.8, 4) is 0 Å². The summed E-state index contributed by atoms with van der Waals surface area (Å²) in [7, 11) is 0. The van der Waals surface area contributed by atoms with Crippen LogP contribution < -0.4 is 38.9 Å². The number of amides is 4. The molecule has 5 atom stereocenters. The van der Waals surface area contributed by atoms with Gasteiger partial charge in [0.25, 0.3) is 0 Å². The SMILES string of the molecule is CCC(C)C(NC(=O)C(N)CCSC)C(=O)NC(CCC(N)=O)C(=O)NC(CCCN=C(N)N)C(=O)O. The first-order chi connectivity index (χ1) is 17.3. The molecule has 15 heteroatoms. The summed E-state index contributed by atoms with van der Waals surface area (Å²) >= 11 is 1.54. The lowest BCUT2D eigenvalue weighted by Crippen LogP contribution is -2.58. The number of hydrogen-bond donors (Lipinski definition) is 8. The summed E-state index contributed by atoms with van der Waals surface area (Å²) < 4.78 is 0. The van der Waals surface area contributed by atoms with E-state index in [1.807, 2.05) is 13.2 Å². The van der Waals surface area contributed by atoms with Gasteiger partial charge in [-0.15, -0.1) is 0 Å². The van der Waals surface area contributed by atoms with Gasteiger partial charge in [-0.3, -0.25) is 24.2 Å². The van der Waals surface area contributed by atoms with E-state index in [0.717, 1.165) is 0 Å². The Bertz CT molecular complexity index is 808. The molecule has 12 N–H and O–H groups in total. The molecule has 0 heterocycles. The zero-order chi connectivity index (χ0) is 28.5. The van der Waals surface area contributed by atoms with Crippen LogP contribution in [0.25, 0.3) is 0 Å². The van der Waals surface area contributed by atoms with Crippen LogP contribution in [0.5, 0.6) is 0 Å². The number of carbonyl (C=O) groups excluding carboxylic acids is 4. The molecule has 0 aromatic heterocycles. The lowest BCUT2D eigenvalue weighted by atomic mass is 9.97. The van der Waals surface area contributed by atoms with Crippen LogP contribution in [0, 0.1) is 5.92 Å². The van der Waals surface area contributed by atoms with Crippen molar-refractivity contribution >= 4 is 47.3 Å². The minimum Gasteiger partial charge on any atom is -0.480 e. The summed E-state index contributed by atoms with van der Waals surface area (Å²) in [5.41, 5.74) is 21.6. The van der Waals surface area contributed by atoms with Gasteiger partial charge in [0, 0.05) is 13.0 Å². The second kappa shape index (κ2) is 18.2. The van der Waals surface area contributed by atoms with E-state index >= 15 is 0 Å². The molecule has 5 unspecified atom stereocenters. The number of primary amides is 1. The number of nitrogens with two attached hydrogens (primary N) is 4. The van der Waals surface area contributed by atoms with Crippen molar-refractivity contribution in [2.75, 3.05) is 18.6 Å². The molecule has 0 rings (SSSR count). The predicted octanol–water partition coefficient (Wildman–Crippen LogP) is -2.03. The first-order valence-corrected chi connectivity index (χ1v) is 13.4. The molecule has 0 spiro atoms. The average molecular weight is 547 g/mol. The number of carboxylic acid groups (broad SMARTS) is 1. The molecule has 0 radical (unpaired) electrons. The van der Waals surface area contributed by atoms with Gasteiger partial charge in [0.2, 0.25) is 23.6 Å². The van der Waals surface area contributed by atoms with Crippen LogP contribution in [0.1, 0.15) is 52.4 Å². The topological polar surface area (TPSA) is 258 Å². The van der Waals surface area contributed by atoms with Gasteiger partial charge in [0.05, 0.1) is 6.04 Å². The van der Waals surface area contributed by atoms with Gasteiger partial charge in [-0.05, 0) is 43.6 Å². The fraction of sp³-hybridized carbons (Fsp3) is 0.727. The normalized spacial score (nSPS) is 14.8. The highest BCUT2D eigenvalue weighted by Gasteiger charge is 2.32. The number of rotatable bonds is 19. The number of thioether (sulfide) groups is 1. The van der Waals surface area contributed by atoms with Crippen molar-refractivity contribution in [1.29, 1.82) is 0 Å². The molecule has 0 aromatic carbocycles. The van der Waals surface area contributed by atoms with Crippen molar-refractivity contribution in [1.82, 2.24) is 16.0 Å². The fourth-order valence-corrected chi connectivity index (χ4v) is 3.68. The van der Waals surface area contributed by atoms with Gasteiger partial charge in [0.15, 0.2) is 5.96 Å². The number of nitrogens with one attached hydrogen (secondary N) is 3. The first kappa shape index (κ1) is 33.9. The molecule has 37 heavy (non-hydrogen) atoms. The molecule has 14 nitrogen and oxygen atoms in total. The number of carboxylic acids is 1. The van der Waals surface area contributed by atoms with Crippen LogP contribution in [0.2, 0.25) is 0 Å². The lowest BCUT2D eigenvalue weighted by molar-refractivity contribution is -0.142. The van der Waals surface area contributed by atoms with E-state index in [2.05, 4.69) is 20.9 Å². The van der Waals surface area contributed by atoms with Gasteiger partial charge in [-0.2, -0.15) is 11.8 Å². The second-order valence-corrected chi connectivity index (χ2v) is 9.66. The number of aliphatic imine (C=N–C) groups is 1. The van der Waals surface area contributed by atoms with Crippen LogP contribution in [-0.4, -0.2) is 83.4 Å². The standard InChI is InChI=1S/C22H42N8O6S/c1-4-12(2)17(30-18(32)13(23)9-11-37-3)20(34)28-14(7-8-16(24)31)19(33)29-15(21(35)36)6-5-10-27-22(25)26/h12-15,17H,4-11,23H2,1-3H3,(H2,24,31)(H,28,34)(H,29,33)(H,30,32)(H,35,36)(H4,25,26,27). The van der Waals surface area contributed by atoms with E-state index < -0.39 is 53.8 Å². The average Bonchev–Trinajstić information content (AvgIpc) is 2.83. The summed E-state index contributed by atoms with van der Waals surface area (Å²) in [4.78, 5) is 65.4. The quantitative estimate of drug-likeness (QED) is 0.0500. The first-order valence-electron chi connectivity index (χ1n) is 12.1. The van der Waals surface area contributed by atoms with Crippen LogP contribution in [0.3, 0.4) is 0 Å². The molecule has 0 fully saturated rings. The van der Waals surface area contributed by atoms with E-state index in [0.29, 0.717) is 18.6 Å². The Morgan fingerprint density at radius 2 is 1.54 bits per heavy atom. The Morgan fingerprint density at radius 1 is 0.919 bits per heavy atom. The molecule has 0 aromatic rings. The summed E-state index contributed by atoms with van der Waals surface area (Å²) in [6, 6.07) is -4.37. The van der Waals surface area contributed by atoms with Crippen LogP contribution in [0.15, 0.2) is 4.99 Å². The van der Waals surface area contributed by atoms with Gasteiger partial charge >= 0.3 is 5.97 Å². The Hall–Kier alpha value is -3.07. The summed E-state index contributed by atoms with van der Waals surface area (Å²) in [6.07, 6.45) is 2.73. The fourth-order valence-electron chi connectivity index (χ4n) is 3.19. The smallest absolute Gasteiger partial charge is 0.326 e. The Kier molecular flexibility index (Phi) is 16.7. The maximum Gasteiger partial charge on any atom is 0.326 e. The van der Waals surface area contributed by atoms with Crippen molar-refractivity contribution in [3.05, 3.63) is 0 Å². The highest BCUT2D eigenvalue weighted by atomic mass is 32.2. The molecule has 0 aliphatic carbocycles. The third-order valence-corrected chi connectivity index (χ3v) is 6.28. The maximum atomic E-state index is 13.1. The zero-order valence-corrected chi connectivity index (χ0v) is 22.5. The largest absolute Gasteiger partial charge is 0.480 e. The lowest BCUT2D eigenvalue weighted by Gasteiger charge is -2.28. The minimum absolute atomic E-state index is 0.0217. The van der Waals surface area contributed by atoms with Gasteiger partial charge in [-0.25, -0.2) is 4.79 Å².